The lowest BCUT2D eigenvalue weighted by atomic mass is 10.2. The molecule has 1 heterocycles. The highest BCUT2D eigenvalue weighted by molar-refractivity contribution is 4.74. The molecular formula is C13H33NO. The van der Waals surface area contributed by atoms with E-state index in [2.05, 4.69) is 11.8 Å². The predicted octanol–water partition coefficient (Wildman–Crippen LogP) is 3.54. The summed E-state index contributed by atoms with van der Waals surface area (Å²) in [6.07, 6.45) is 2.61. The molecule has 0 aromatic heterocycles. The van der Waals surface area contributed by atoms with Gasteiger partial charge in [-0.15, -0.1) is 0 Å². The van der Waals surface area contributed by atoms with Crippen molar-refractivity contribution in [2.45, 2.75) is 67.3 Å². The van der Waals surface area contributed by atoms with Crippen molar-refractivity contribution in [3.05, 3.63) is 0 Å². The molecule has 2 nitrogen and oxygen atoms in total. The van der Waals surface area contributed by atoms with Gasteiger partial charge in [-0.1, -0.05) is 41.5 Å². The molecule has 0 aromatic carbocycles. The lowest BCUT2D eigenvalue weighted by Crippen LogP contribution is -2.29. The van der Waals surface area contributed by atoms with Crippen LogP contribution in [0.4, 0.5) is 0 Å². The molecule has 0 amide bonds. The van der Waals surface area contributed by atoms with E-state index < -0.39 is 0 Å². The summed E-state index contributed by atoms with van der Waals surface area (Å²) in [6, 6.07) is 0.706. The molecule has 0 aliphatic carbocycles. The van der Waals surface area contributed by atoms with E-state index in [0.29, 0.717) is 12.6 Å². The highest BCUT2D eigenvalue weighted by atomic mass is 16.3. The van der Waals surface area contributed by atoms with Crippen LogP contribution in [0.25, 0.3) is 0 Å². The number of nitrogens with zero attached hydrogens (tertiary/aromatic N) is 1. The van der Waals surface area contributed by atoms with Crippen LogP contribution in [0.3, 0.4) is 0 Å². The first-order valence-corrected chi connectivity index (χ1v) is 6.69. The van der Waals surface area contributed by atoms with E-state index >= 15 is 0 Å². The molecule has 1 N–H and O–H groups in total. The second-order valence-corrected chi connectivity index (χ2v) is 2.75. The van der Waals surface area contributed by atoms with Gasteiger partial charge >= 0.3 is 0 Å². The minimum Gasteiger partial charge on any atom is -0.395 e. The predicted molar refractivity (Wildman–Crippen MR) is 71.4 cm³/mol. The smallest absolute Gasteiger partial charge is 0.0558 e. The Labute approximate surface area is 97.7 Å². The van der Waals surface area contributed by atoms with Crippen molar-refractivity contribution in [2.75, 3.05) is 19.7 Å². The average Bonchev–Trinajstić information content (AvgIpc) is 2.74. The van der Waals surface area contributed by atoms with E-state index in [1.54, 1.807) is 0 Å². The van der Waals surface area contributed by atoms with Crippen LogP contribution in [0.5, 0.6) is 0 Å². The molecule has 1 unspecified atom stereocenters. The number of aliphatic hydroxyl groups is 1. The lowest BCUT2D eigenvalue weighted by Gasteiger charge is -2.18. The van der Waals surface area contributed by atoms with Gasteiger partial charge in [-0.2, -0.15) is 0 Å². The van der Waals surface area contributed by atoms with Gasteiger partial charge in [0, 0.05) is 12.6 Å². The summed E-state index contributed by atoms with van der Waals surface area (Å²) < 4.78 is 0. The van der Waals surface area contributed by atoms with Crippen LogP contribution in [-0.2, 0) is 0 Å². The van der Waals surface area contributed by atoms with Crippen LogP contribution in [-0.4, -0.2) is 35.7 Å². The van der Waals surface area contributed by atoms with Gasteiger partial charge in [0.15, 0.2) is 0 Å². The normalized spacial score (nSPS) is 18.8. The number of hydrogen-bond donors (Lipinski definition) is 1. The molecule has 1 rings (SSSR count). The molecule has 0 aromatic rings. The summed E-state index contributed by atoms with van der Waals surface area (Å²) in [6.45, 7) is 16.6. The van der Waals surface area contributed by atoms with Gasteiger partial charge in [-0.3, -0.25) is 4.90 Å². The first-order valence-electron chi connectivity index (χ1n) is 6.69. The molecule has 0 spiro atoms. The third-order valence-corrected chi connectivity index (χ3v) is 2.08. The Morgan fingerprint density at radius 2 is 1.53 bits per heavy atom. The number of rotatable bonds is 2. The molecule has 1 aliphatic rings. The van der Waals surface area contributed by atoms with Gasteiger partial charge in [0.05, 0.1) is 6.61 Å². The molecule has 1 fully saturated rings. The van der Waals surface area contributed by atoms with Crippen LogP contribution in [0, 0.1) is 0 Å². The second kappa shape index (κ2) is 19.5. The van der Waals surface area contributed by atoms with E-state index in [1.165, 1.54) is 19.4 Å². The monoisotopic (exact) mass is 219 g/mol. The van der Waals surface area contributed by atoms with Crippen molar-refractivity contribution >= 4 is 0 Å². The first kappa shape index (κ1) is 20.3. The Balaban J connectivity index is -0.000000208. The SMILES string of the molecule is CC.CC.CC.CC1CCCN1CCO. The standard InChI is InChI=1S/C7H15NO.3C2H6/c1-7-3-2-4-8(7)5-6-9;3*1-2/h7,9H,2-6H2,1H3;3*1-2H3. The Morgan fingerprint density at radius 1 is 1.07 bits per heavy atom. The maximum Gasteiger partial charge on any atom is 0.0558 e. The lowest BCUT2D eigenvalue weighted by molar-refractivity contribution is 0.192. The average molecular weight is 219 g/mol. The second-order valence-electron chi connectivity index (χ2n) is 2.75. The first-order chi connectivity index (χ1) is 7.34. The fourth-order valence-electron chi connectivity index (χ4n) is 1.45. The highest BCUT2D eigenvalue weighted by Gasteiger charge is 2.18. The molecule has 1 aliphatic heterocycles. The van der Waals surface area contributed by atoms with Gasteiger partial charge in [0.25, 0.3) is 0 Å². The largest absolute Gasteiger partial charge is 0.395 e. The van der Waals surface area contributed by atoms with Gasteiger partial charge in [0.1, 0.15) is 0 Å². The summed E-state index contributed by atoms with van der Waals surface area (Å²) in [5, 5.41) is 8.60. The molecular weight excluding hydrogens is 186 g/mol. The number of aliphatic hydroxyl groups excluding tert-OH is 1. The van der Waals surface area contributed by atoms with Crippen LogP contribution in [0.15, 0.2) is 0 Å². The van der Waals surface area contributed by atoms with Crippen LogP contribution < -0.4 is 0 Å². The van der Waals surface area contributed by atoms with Gasteiger partial charge in [-0.25, -0.2) is 0 Å². The van der Waals surface area contributed by atoms with Crippen molar-refractivity contribution in [2.24, 2.45) is 0 Å². The molecule has 2 heteroatoms. The number of β-amino-alcohol motifs (C(OH)–C–C–N with tert-alkyl or cyclic N) is 1. The molecule has 0 bridgehead atoms. The molecule has 96 valence electrons. The van der Waals surface area contributed by atoms with E-state index in [0.717, 1.165) is 6.54 Å². The molecule has 1 atom stereocenters. The molecule has 1 saturated heterocycles. The van der Waals surface area contributed by atoms with Crippen molar-refractivity contribution in [3.63, 3.8) is 0 Å². The summed E-state index contributed by atoms with van der Waals surface area (Å²) in [5.41, 5.74) is 0. The summed E-state index contributed by atoms with van der Waals surface area (Å²) >= 11 is 0. The van der Waals surface area contributed by atoms with Crippen LogP contribution in [0.1, 0.15) is 61.3 Å². The van der Waals surface area contributed by atoms with Crippen LogP contribution >= 0.6 is 0 Å². The topological polar surface area (TPSA) is 23.5 Å². The Bertz CT molecular complexity index is 86.6. The van der Waals surface area contributed by atoms with Crippen molar-refractivity contribution in [1.29, 1.82) is 0 Å². The van der Waals surface area contributed by atoms with Gasteiger partial charge in [-0.05, 0) is 26.3 Å². The number of hydrogen-bond acceptors (Lipinski definition) is 2. The Kier molecular flexibility index (Phi) is 26.4. The minimum absolute atomic E-state index is 0.310. The Morgan fingerprint density at radius 3 is 1.80 bits per heavy atom. The third kappa shape index (κ3) is 11.8. The fraction of sp³-hybridized carbons (Fsp3) is 1.00. The quantitative estimate of drug-likeness (QED) is 0.768. The van der Waals surface area contributed by atoms with E-state index in [4.69, 9.17) is 5.11 Å². The summed E-state index contributed by atoms with van der Waals surface area (Å²) in [5.74, 6) is 0. The number of likely N-dealkylation sites (tertiary alicyclic amines) is 1. The van der Waals surface area contributed by atoms with E-state index in [1.807, 2.05) is 41.5 Å². The van der Waals surface area contributed by atoms with Gasteiger partial charge in [0.2, 0.25) is 0 Å². The molecule has 0 radical (unpaired) electrons. The van der Waals surface area contributed by atoms with Crippen molar-refractivity contribution in [3.8, 4) is 0 Å². The molecule has 0 saturated carbocycles. The zero-order chi connectivity index (χ0) is 12.7. The van der Waals surface area contributed by atoms with Gasteiger partial charge < -0.3 is 5.11 Å². The maximum atomic E-state index is 8.60. The molecule has 15 heavy (non-hydrogen) atoms. The Hall–Kier alpha value is -0.0800. The third-order valence-electron chi connectivity index (χ3n) is 2.08. The zero-order valence-electron chi connectivity index (χ0n) is 12.0. The minimum atomic E-state index is 0.310. The van der Waals surface area contributed by atoms with E-state index in [-0.39, 0.29) is 0 Å². The van der Waals surface area contributed by atoms with Crippen molar-refractivity contribution in [1.82, 2.24) is 4.90 Å². The highest BCUT2D eigenvalue weighted by Crippen LogP contribution is 2.14. The summed E-state index contributed by atoms with van der Waals surface area (Å²) in [4.78, 5) is 2.33. The zero-order valence-corrected chi connectivity index (χ0v) is 12.0. The fourth-order valence-corrected chi connectivity index (χ4v) is 1.45. The van der Waals surface area contributed by atoms with Crippen molar-refractivity contribution < 1.29 is 5.11 Å². The van der Waals surface area contributed by atoms with E-state index in [9.17, 15) is 0 Å². The summed E-state index contributed by atoms with van der Waals surface area (Å²) in [7, 11) is 0. The van der Waals surface area contributed by atoms with Crippen LogP contribution in [0.2, 0.25) is 0 Å². The maximum absolute atomic E-state index is 8.60.